The number of aromatic nitrogens is 1. The summed E-state index contributed by atoms with van der Waals surface area (Å²) in [6.45, 7) is 0.374. The summed E-state index contributed by atoms with van der Waals surface area (Å²) in [6, 6.07) is 23.7. The van der Waals surface area contributed by atoms with Gasteiger partial charge in [-0.2, -0.15) is 0 Å². The van der Waals surface area contributed by atoms with Gasteiger partial charge in [-0.1, -0.05) is 58.4 Å². The fourth-order valence-electron chi connectivity index (χ4n) is 3.63. The Bertz CT molecular complexity index is 1170. The van der Waals surface area contributed by atoms with Gasteiger partial charge in [-0.25, -0.2) is 0 Å². The van der Waals surface area contributed by atoms with Gasteiger partial charge in [0.1, 0.15) is 0 Å². The highest BCUT2D eigenvalue weighted by Gasteiger charge is 2.19. The number of rotatable bonds is 8. The van der Waals surface area contributed by atoms with Crippen LogP contribution in [0.15, 0.2) is 83.5 Å². The molecule has 6 heteroatoms. The maximum atomic E-state index is 12.5. The van der Waals surface area contributed by atoms with Gasteiger partial charge >= 0.3 is 0 Å². The Hall–Kier alpha value is -3.25. The zero-order valence-electron chi connectivity index (χ0n) is 17.1. The number of carbonyl (C=O) groups is 1. The van der Waals surface area contributed by atoms with E-state index in [-0.39, 0.29) is 18.4 Å². The van der Waals surface area contributed by atoms with Crippen molar-refractivity contribution in [3.05, 3.63) is 94.6 Å². The molecule has 0 bridgehead atoms. The van der Waals surface area contributed by atoms with Gasteiger partial charge in [-0.15, -0.1) is 0 Å². The molecule has 158 valence electrons. The first-order chi connectivity index (χ1) is 15.2. The zero-order valence-corrected chi connectivity index (χ0v) is 18.7. The number of hydrogen-bond donors (Lipinski definition) is 2. The Morgan fingerprint density at radius 3 is 2.48 bits per heavy atom. The van der Waals surface area contributed by atoms with Crippen LogP contribution in [0.3, 0.4) is 0 Å². The lowest BCUT2D eigenvalue weighted by atomic mass is 9.91. The van der Waals surface area contributed by atoms with Crippen molar-refractivity contribution in [1.29, 1.82) is 0 Å². The predicted molar refractivity (Wildman–Crippen MR) is 126 cm³/mol. The van der Waals surface area contributed by atoms with Gasteiger partial charge in [-0.05, 0) is 41.5 Å². The second kappa shape index (κ2) is 9.71. The highest BCUT2D eigenvalue weighted by atomic mass is 79.9. The Morgan fingerprint density at radius 1 is 1.00 bits per heavy atom. The van der Waals surface area contributed by atoms with E-state index >= 15 is 0 Å². The molecular weight excluding hydrogens is 456 g/mol. The number of fused-ring (bicyclic) bond motifs is 1. The molecule has 4 rings (SSSR count). The molecule has 5 nitrogen and oxygen atoms in total. The first-order valence-corrected chi connectivity index (χ1v) is 10.8. The number of ether oxygens (including phenoxy) is 2. The molecule has 1 heterocycles. The van der Waals surface area contributed by atoms with Crippen LogP contribution in [0.4, 0.5) is 0 Å². The van der Waals surface area contributed by atoms with Crippen molar-refractivity contribution in [2.24, 2.45) is 0 Å². The number of methoxy groups -OCH3 is 1. The van der Waals surface area contributed by atoms with Crippen molar-refractivity contribution in [3.8, 4) is 11.5 Å². The van der Waals surface area contributed by atoms with Crippen molar-refractivity contribution >= 4 is 32.7 Å². The number of nitrogens with one attached hydrogen (secondary N) is 2. The van der Waals surface area contributed by atoms with Gasteiger partial charge in [0.25, 0.3) is 5.91 Å². The van der Waals surface area contributed by atoms with Crippen molar-refractivity contribution in [2.75, 3.05) is 20.3 Å². The smallest absolute Gasteiger partial charge is 0.257 e. The van der Waals surface area contributed by atoms with Crippen LogP contribution < -0.4 is 14.8 Å². The lowest BCUT2D eigenvalue weighted by Gasteiger charge is -2.19. The average Bonchev–Trinajstić information content (AvgIpc) is 3.23. The number of carbonyl (C=O) groups excluding carboxylic acids is 1. The van der Waals surface area contributed by atoms with Crippen LogP contribution in [0.5, 0.6) is 11.5 Å². The molecule has 3 aromatic carbocycles. The lowest BCUT2D eigenvalue weighted by Crippen LogP contribution is -2.32. The van der Waals surface area contributed by atoms with Crippen LogP contribution in [0.1, 0.15) is 17.0 Å². The molecule has 2 N–H and O–H groups in total. The molecule has 1 aromatic heterocycles. The quantitative estimate of drug-likeness (QED) is 0.362. The summed E-state index contributed by atoms with van der Waals surface area (Å²) >= 11 is 3.50. The van der Waals surface area contributed by atoms with Gasteiger partial charge in [0.05, 0.1) is 7.11 Å². The van der Waals surface area contributed by atoms with E-state index in [0.717, 1.165) is 26.5 Å². The van der Waals surface area contributed by atoms with Crippen LogP contribution in [-0.4, -0.2) is 31.2 Å². The number of aromatic amines is 1. The van der Waals surface area contributed by atoms with Crippen LogP contribution in [0.25, 0.3) is 10.9 Å². The van der Waals surface area contributed by atoms with Crippen LogP contribution in [-0.2, 0) is 4.79 Å². The van der Waals surface area contributed by atoms with Gasteiger partial charge < -0.3 is 19.8 Å². The summed E-state index contributed by atoms with van der Waals surface area (Å²) in [4.78, 5) is 15.9. The molecular formula is C25H23BrN2O3. The number of hydrogen-bond acceptors (Lipinski definition) is 3. The highest BCUT2D eigenvalue weighted by Crippen LogP contribution is 2.31. The van der Waals surface area contributed by atoms with Gasteiger partial charge in [0.15, 0.2) is 18.1 Å². The van der Waals surface area contributed by atoms with Gasteiger partial charge in [0.2, 0.25) is 0 Å². The second-order valence-corrected chi connectivity index (χ2v) is 8.05. The summed E-state index contributed by atoms with van der Waals surface area (Å²) in [7, 11) is 1.58. The van der Waals surface area contributed by atoms with Crippen molar-refractivity contribution in [2.45, 2.75) is 5.92 Å². The Kier molecular flexibility index (Phi) is 6.57. The third-order valence-corrected chi connectivity index (χ3v) is 5.73. The fourth-order valence-corrected chi connectivity index (χ4v) is 3.90. The molecule has 1 atom stereocenters. The molecule has 0 saturated heterocycles. The molecule has 1 amide bonds. The Morgan fingerprint density at radius 2 is 1.71 bits per heavy atom. The number of H-pyrrole nitrogens is 1. The SMILES string of the molecule is COc1ccccc1OCC(=O)NC[C@@H](c1ccc(Br)cc1)c1c[nH]c2ccccc12. The summed E-state index contributed by atoms with van der Waals surface area (Å²) in [5.41, 5.74) is 3.34. The minimum Gasteiger partial charge on any atom is -0.493 e. The van der Waals surface area contributed by atoms with Crippen LogP contribution in [0.2, 0.25) is 0 Å². The van der Waals surface area contributed by atoms with E-state index in [1.807, 2.05) is 42.6 Å². The monoisotopic (exact) mass is 478 g/mol. The average molecular weight is 479 g/mol. The molecule has 4 aromatic rings. The molecule has 0 radical (unpaired) electrons. The zero-order chi connectivity index (χ0) is 21.6. The third-order valence-electron chi connectivity index (χ3n) is 5.20. The number of para-hydroxylation sites is 3. The number of amides is 1. The molecule has 0 saturated carbocycles. The maximum absolute atomic E-state index is 12.5. The summed E-state index contributed by atoms with van der Waals surface area (Å²) < 4.78 is 11.9. The Balaban J connectivity index is 1.50. The summed E-state index contributed by atoms with van der Waals surface area (Å²) in [5, 5.41) is 4.17. The molecule has 0 aliphatic rings. The highest BCUT2D eigenvalue weighted by molar-refractivity contribution is 9.10. The molecule has 0 fully saturated rings. The predicted octanol–water partition coefficient (Wildman–Crippen LogP) is 5.27. The van der Waals surface area contributed by atoms with Crippen molar-refractivity contribution < 1.29 is 14.3 Å². The number of halogens is 1. The van der Waals surface area contributed by atoms with E-state index < -0.39 is 0 Å². The minimum absolute atomic E-state index is 0.000499. The first-order valence-electron chi connectivity index (χ1n) is 9.99. The standard InChI is InChI=1S/C25H23BrN2O3/c1-30-23-8-4-5-9-24(23)31-16-25(29)28-14-20(17-10-12-18(26)13-11-17)21-15-27-22-7-3-2-6-19(21)22/h2-13,15,20,27H,14,16H2,1H3,(H,28,29)/t20-/m0/s1. The Labute approximate surface area is 189 Å². The van der Waals surface area contributed by atoms with Crippen molar-refractivity contribution in [3.63, 3.8) is 0 Å². The first kappa shape index (κ1) is 21.0. The molecule has 0 spiro atoms. The molecule has 0 aliphatic heterocycles. The summed E-state index contributed by atoms with van der Waals surface area (Å²) in [5.74, 6) is 0.954. The van der Waals surface area contributed by atoms with Gasteiger partial charge in [0, 0.05) is 34.0 Å². The maximum Gasteiger partial charge on any atom is 0.257 e. The van der Waals surface area contributed by atoms with E-state index in [2.05, 4.69) is 50.5 Å². The van der Waals surface area contributed by atoms with Crippen LogP contribution in [0, 0.1) is 0 Å². The topological polar surface area (TPSA) is 63.4 Å². The van der Waals surface area contributed by atoms with E-state index in [1.165, 1.54) is 0 Å². The van der Waals surface area contributed by atoms with E-state index in [1.54, 1.807) is 19.2 Å². The minimum atomic E-state index is -0.187. The molecule has 0 unspecified atom stereocenters. The normalized spacial score (nSPS) is 11.8. The fraction of sp³-hybridized carbons (Fsp3) is 0.160. The second-order valence-electron chi connectivity index (χ2n) is 7.14. The lowest BCUT2D eigenvalue weighted by molar-refractivity contribution is -0.123. The number of benzene rings is 3. The molecule has 0 aliphatic carbocycles. The largest absolute Gasteiger partial charge is 0.493 e. The molecule has 31 heavy (non-hydrogen) atoms. The summed E-state index contributed by atoms with van der Waals surface area (Å²) in [6.07, 6.45) is 2.02. The van der Waals surface area contributed by atoms with Crippen molar-refractivity contribution in [1.82, 2.24) is 10.3 Å². The van der Waals surface area contributed by atoms with E-state index in [9.17, 15) is 4.79 Å². The van der Waals surface area contributed by atoms with Crippen LogP contribution >= 0.6 is 15.9 Å². The van der Waals surface area contributed by atoms with E-state index in [0.29, 0.717) is 18.0 Å². The third kappa shape index (κ3) is 4.91. The van der Waals surface area contributed by atoms with Gasteiger partial charge in [-0.3, -0.25) is 4.79 Å². The van der Waals surface area contributed by atoms with E-state index in [4.69, 9.17) is 9.47 Å².